The monoisotopic (exact) mass is 157 g/mol. The molecule has 0 aliphatic rings. The van der Waals surface area contributed by atoms with Gasteiger partial charge in [0.1, 0.15) is 0 Å². The van der Waals surface area contributed by atoms with E-state index in [0.29, 0.717) is 10.8 Å². The molecule has 0 aromatic carbocycles. The number of hydrogen-bond acceptors (Lipinski definition) is 1. The third-order valence-corrected chi connectivity index (χ3v) is 3.04. The van der Waals surface area contributed by atoms with Gasteiger partial charge in [0.15, 0.2) is 0 Å². The molecule has 0 bridgehead atoms. The molecule has 0 unspecified atom stereocenters. The fraction of sp³-hybridized carbons (Fsp3) is 1.00. The molecule has 0 atom stereocenters. The first-order valence-electron chi connectivity index (χ1n) is 4.51. The Balaban J connectivity index is 4.00. The van der Waals surface area contributed by atoms with Crippen molar-refractivity contribution in [3.8, 4) is 0 Å². The maximum atomic E-state index is 5.48. The van der Waals surface area contributed by atoms with Gasteiger partial charge >= 0.3 is 0 Å². The molecule has 11 heavy (non-hydrogen) atoms. The average molecular weight is 157 g/mol. The smallest absolute Gasteiger partial charge is 0.00771 e. The van der Waals surface area contributed by atoms with Crippen LogP contribution in [0.2, 0.25) is 0 Å². The summed E-state index contributed by atoms with van der Waals surface area (Å²) >= 11 is 0. The standard InChI is InChI=1S/C10H23N/c1-9(2,3)10(4,5)7-6-8-11/h6-8,11H2,1-5H3. The van der Waals surface area contributed by atoms with E-state index in [1.807, 2.05) is 0 Å². The molecule has 0 saturated carbocycles. The minimum atomic E-state index is 0.391. The SMILES string of the molecule is CC(C)(C)C(C)(C)CCCN. The summed E-state index contributed by atoms with van der Waals surface area (Å²) in [7, 11) is 0. The van der Waals surface area contributed by atoms with Crippen LogP contribution in [0.15, 0.2) is 0 Å². The second kappa shape index (κ2) is 3.57. The highest BCUT2D eigenvalue weighted by molar-refractivity contribution is 4.82. The van der Waals surface area contributed by atoms with Crippen molar-refractivity contribution in [1.82, 2.24) is 0 Å². The molecule has 2 N–H and O–H groups in total. The summed E-state index contributed by atoms with van der Waals surface area (Å²) in [5.41, 5.74) is 6.28. The van der Waals surface area contributed by atoms with Crippen LogP contribution in [0.1, 0.15) is 47.5 Å². The van der Waals surface area contributed by atoms with Gasteiger partial charge in [-0.15, -0.1) is 0 Å². The lowest BCUT2D eigenvalue weighted by atomic mass is 9.67. The van der Waals surface area contributed by atoms with Gasteiger partial charge in [-0.05, 0) is 30.2 Å². The Labute approximate surface area is 71.4 Å². The van der Waals surface area contributed by atoms with E-state index >= 15 is 0 Å². The summed E-state index contributed by atoms with van der Waals surface area (Å²) in [4.78, 5) is 0. The predicted octanol–water partition coefficient (Wildman–Crippen LogP) is 2.80. The molecule has 0 aromatic rings. The summed E-state index contributed by atoms with van der Waals surface area (Å²) in [6.45, 7) is 12.3. The molecule has 0 saturated heterocycles. The normalized spacial score (nSPS) is 13.6. The summed E-state index contributed by atoms with van der Waals surface area (Å²) in [5.74, 6) is 0. The average Bonchev–Trinajstić information content (AvgIpc) is 1.81. The van der Waals surface area contributed by atoms with Crippen molar-refractivity contribution >= 4 is 0 Å². The van der Waals surface area contributed by atoms with E-state index in [-0.39, 0.29) is 0 Å². The Kier molecular flexibility index (Phi) is 3.56. The van der Waals surface area contributed by atoms with E-state index in [2.05, 4.69) is 34.6 Å². The van der Waals surface area contributed by atoms with Crippen molar-refractivity contribution in [3.63, 3.8) is 0 Å². The lowest BCUT2D eigenvalue weighted by Crippen LogP contribution is -2.30. The van der Waals surface area contributed by atoms with Crippen LogP contribution in [0.4, 0.5) is 0 Å². The van der Waals surface area contributed by atoms with Crippen LogP contribution < -0.4 is 5.73 Å². The molecular formula is C10H23N. The molecule has 0 radical (unpaired) electrons. The Morgan fingerprint density at radius 2 is 1.45 bits per heavy atom. The van der Waals surface area contributed by atoms with Gasteiger partial charge in [-0.3, -0.25) is 0 Å². The molecule has 1 heteroatoms. The van der Waals surface area contributed by atoms with Gasteiger partial charge in [0, 0.05) is 0 Å². The van der Waals surface area contributed by atoms with Crippen molar-refractivity contribution in [2.24, 2.45) is 16.6 Å². The van der Waals surface area contributed by atoms with E-state index in [1.54, 1.807) is 0 Å². The Hall–Kier alpha value is -0.0400. The summed E-state index contributed by atoms with van der Waals surface area (Å²) in [6.07, 6.45) is 2.37. The van der Waals surface area contributed by atoms with E-state index in [0.717, 1.165) is 13.0 Å². The van der Waals surface area contributed by atoms with E-state index < -0.39 is 0 Å². The Morgan fingerprint density at radius 1 is 1.00 bits per heavy atom. The van der Waals surface area contributed by atoms with Crippen LogP contribution in [0, 0.1) is 10.8 Å². The highest BCUT2D eigenvalue weighted by Crippen LogP contribution is 2.41. The molecule has 0 heterocycles. The topological polar surface area (TPSA) is 26.0 Å². The minimum absolute atomic E-state index is 0.391. The molecule has 0 spiro atoms. The highest BCUT2D eigenvalue weighted by atomic mass is 14.5. The maximum absolute atomic E-state index is 5.48. The number of hydrogen-bond donors (Lipinski definition) is 1. The van der Waals surface area contributed by atoms with Crippen LogP contribution in [0.25, 0.3) is 0 Å². The molecule has 0 aliphatic carbocycles. The first-order chi connectivity index (χ1) is 4.81. The molecule has 0 amide bonds. The zero-order valence-corrected chi connectivity index (χ0v) is 8.70. The van der Waals surface area contributed by atoms with Crippen molar-refractivity contribution in [1.29, 1.82) is 0 Å². The minimum Gasteiger partial charge on any atom is -0.330 e. The van der Waals surface area contributed by atoms with Gasteiger partial charge in [-0.1, -0.05) is 34.6 Å². The van der Waals surface area contributed by atoms with Gasteiger partial charge in [-0.25, -0.2) is 0 Å². The third-order valence-electron chi connectivity index (χ3n) is 3.04. The zero-order chi connectivity index (χ0) is 9.12. The van der Waals surface area contributed by atoms with Crippen LogP contribution in [-0.2, 0) is 0 Å². The quantitative estimate of drug-likeness (QED) is 0.670. The fourth-order valence-corrected chi connectivity index (χ4v) is 0.919. The second-order valence-corrected chi connectivity index (χ2v) is 5.03. The van der Waals surface area contributed by atoms with Gasteiger partial charge in [0.2, 0.25) is 0 Å². The predicted molar refractivity (Wildman–Crippen MR) is 51.5 cm³/mol. The Bertz CT molecular complexity index is 109. The molecule has 1 nitrogen and oxygen atoms in total. The molecule has 0 aliphatic heterocycles. The molecular weight excluding hydrogens is 134 g/mol. The zero-order valence-electron chi connectivity index (χ0n) is 8.70. The molecule has 0 aromatic heterocycles. The van der Waals surface area contributed by atoms with Gasteiger partial charge in [0.05, 0.1) is 0 Å². The van der Waals surface area contributed by atoms with Crippen molar-refractivity contribution in [3.05, 3.63) is 0 Å². The maximum Gasteiger partial charge on any atom is -0.00771 e. The van der Waals surface area contributed by atoms with E-state index in [4.69, 9.17) is 5.73 Å². The highest BCUT2D eigenvalue weighted by Gasteiger charge is 2.31. The lowest BCUT2D eigenvalue weighted by molar-refractivity contribution is 0.118. The third kappa shape index (κ3) is 3.24. The lowest BCUT2D eigenvalue weighted by Gasteiger charge is -2.39. The number of rotatable bonds is 3. The molecule has 68 valence electrons. The van der Waals surface area contributed by atoms with Crippen molar-refractivity contribution in [2.75, 3.05) is 6.54 Å². The van der Waals surface area contributed by atoms with Crippen LogP contribution in [-0.4, -0.2) is 6.54 Å². The summed E-state index contributed by atoms with van der Waals surface area (Å²) < 4.78 is 0. The van der Waals surface area contributed by atoms with Gasteiger partial charge in [-0.2, -0.15) is 0 Å². The fourth-order valence-electron chi connectivity index (χ4n) is 0.919. The first kappa shape index (κ1) is 11.0. The number of nitrogens with two attached hydrogens (primary N) is 1. The largest absolute Gasteiger partial charge is 0.330 e. The summed E-state index contributed by atoms with van der Waals surface area (Å²) in [6, 6.07) is 0. The van der Waals surface area contributed by atoms with Crippen LogP contribution in [0.5, 0.6) is 0 Å². The van der Waals surface area contributed by atoms with Crippen molar-refractivity contribution < 1.29 is 0 Å². The molecule has 0 fully saturated rings. The first-order valence-corrected chi connectivity index (χ1v) is 4.51. The van der Waals surface area contributed by atoms with Crippen LogP contribution >= 0.6 is 0 Å². The molecule has 0 rings (SSSR count). The second-order valence-electron chi connectivity index (χ2n) is 5.03. The van der Waals surface area contributed by atoms with E-state index in [9.17, 15) is 0 Å². The van der Waals surface area contributed by atoms with Crippen LogP contribution in [0.3, 0.4) is 0 Å². The summed E-state index contributed by atoms with van der Waals surface area (Å²) in [5, 5.41) is 0. The Morgan fingerprint density at radius 3 is 1.73 bits per heavy atom. The van der Waals surface area contributed by atoms with E-state index in [1.165, 1.54) is 6.42 Å². The van der Waals surface area contributed by atoms with Gasteiger partial charge < -0.3 is 5.73 Å². The van der Waals surface area contributed by atoms with Gasteiger partial charge in [0.25, 0.3) is 0 Å². The van der Waals surface area contributed by atoms with Crippen molar-refractivity contribution in [2.45, 2.75) is 47.5 Å².